The van der Waals surface area contributed by atoms with Gasteiger partial charge in [-0.25, -0.2) is 4.98 Å². The van der Waals surface area contributed by atoms with Gasteiger partial charge in [-0.2, -0.15) is 13.2 Å². The lowest BCUT2D eigenvalue weighted by Crippen LogP contribution is -2.24. The highest BCUT2D eigenvalue weighted by Gasteiger charge is 2.32. The molecule has 0 spiro atoms. The monoisotopic (exact) mass is 611 g/mol. The number of hydrogen-bond donors (Lipinski definition) is 0. The van der Waals surface area contributed by atoms with Gasteiger partial charge in [0.1, 0.15) is 0 Å². The Morgan fingerprint density at radius 2 is 1.16 bits per heavy atom. The van der Waals surface area contributed by atoms with E-state index in [4.69, 9.17) is 4.98 Å². The maximum Gasteiger partial charge on any atom is 0.416 e. The first-order chi connectivity index (χ1) is 22.0. The standard InChI is InChI=1S/C38H24F3N3S/c39-38(40,41)26-21-19-25(20-22-26)30-24-29(36-18-9-23-45-36)28-12-8-17-35(37(28)42-30)44-33-15-6-4-13-31(33)43(27-10-2-1-3-11-27)32-14-5-7-16-34(32)44/h1-24H. The zero-order chi connectivity index (χ0) is 30.5. The minimum atomic E-state index is -4.41. The molecular formula is C38H24F3N3S. The van der Waals surface area contributed by atoms with Gasteiger partial charge in [0, 0.05) is 27.1 Å². The molecule has 3 nitrogen and oxygen atoms in total. The first-order valence-corrected chi connectivity index (χ1v) is 15.3. The summed E-state index contributed by atoms with van der Waals surface area (Å²) < 4.78 is 40.2. The molecule has 0 aliphatic carbocycles. The van der Waals surface area contributed by atoms with Crippen LogP contribution >= 0.6 is 11.3 Å². The van der Waals surface area contributed by atoms with E-state index in [-0.39, 0.29) is 0 Å². The molecule has 0 fully saturated rings. The molecule has 0 radical (unpaired) electrons. The number of hydrogen-bond acceptors (Lipinski definition) is 4. The van der Waals surface area contributed by atoms with E-state index in [2.05, 4.69) is 64.4 Å². The zero-order valence-corrected chi connectivity index (χ0v) is 24.6. The summed E-state index contributed by atoms with van der Waals surface area (Å²) in [5.41, 5.74) is 8.25. The second-order valence-electron chi connectivity index (χ2n) is 10.8. The van der Waals surface area contributed by atoms with E-state index in [1.54, 1.807) is 11.3 Å². The zero-order valence-electron chi connectivity index (χ0n) is 23.7. The van der Waals surface area contributed by atoms with Gasteiger partial charge >= 0.3 is 6.18 Å². The van der Waals surface area contributed by atoms with E-state index in [1.165, 1.54) is 12.1 Å². The van der Waals surface area contributed by atoms with Crippen LogP contribution in [0.3, 0.4) is 0 Å². The summed E-state index contributed by atoms with van der Waals surface area (Å²) in [5.74, 6) is 0. The lowest BCUT2D eigenvalue weighted by Gasteiger charge is -2.40. The summed E-state index contributed by atoms with van der Waals surface area (Å²) in [7, 11) is 0. The third-order valence-corrected chi connectivity index (χ3v) is 9.00. The van der Waals surface area contributed by atoms with Gasteiger partial charge in [-0.05, 0) is 72.1 Å². The van der Waals surface area contributed by atoms with Crippen LogP contribution in [0.1, 0.15) is 5.56 Å². The number of nitrogens with zero attached hydrogens (tertiary/aromatic N) is 3. The fourth-order valence-corrected chi connectivity index (χ4v) is 6.84. The molecule has 0 saturated heterocycles. The third-order valence-electron chi connectivity index (χ3n) is 8.10. The van der Waals surface area contributed by atoms with Crippen molar-refractivity contribution < 1.29 is 13.2 Å². The number of alkyl halides is 3. The second-order valence-corrected chi connectivity index (χ2v) is 11.7. The van der Waals surface area contributed by atoms with E-state index in [0.717, 1.165) is 67.6 Å². The largest absolute Gasteiger partial charge is 0.416 e. The molecule has 0 saturated carbocycles. The summed E-state index contributed by atoms with van der Waals surface area (Å²) in [6.07, 6.45) is -4.41. The first-order valence-electron chi connectivity index (χ1n) is 14.5. The molecule has 0 amide bonds. The molecule has 0 unspecified atom stereocenters. The Hall–Kier alpha value is -5.40. The summed E-state index contributed by atoms with van der Waals surface area (Å²) >= 11 is 1.62. The van der Waals surface area contributed by atoms with Crippen LogP contribution in [0.2, 0.25) is 0 Å². The highest BCUT2D eigenvalue weighted by Crippen LogP contribution is 2.55. The van der Waals surface area contributed by atoms with E-state index in [9.17, 15) is 13.2 Å². The van der Waals surface area contributed by atoms with Gasteiger partial charge in [0.05, 0.1) is 45.2 Å². The van der Waals surface area contributed by atoms with Crippen molar-refractivity contribution in [3.05, 3.63) is 150 Å². The number of thiophene rings is 1. The smallest absolute Gasteiger partial charge is 0.306 e. The molecule has 1 aliphatic rings. The Morgan fingerprint density at radius 1 is 0.556 bits per heavy atom. The Bertz CT molecular complexity index is 2110. The van der Waals surface area contributed by atoms with E-state index in [0.29, 0.717) is 11.3 Å². The molecule has 3 heterocycles. The number of pyridine rings is 1. The van der Waals surface area contributed by atoms with Crippen molar-refractivity contribution in [1.29, 1.82) is 0 Å². The van der Waals surface area contributed by atoms with Crippen molar-refractivity contribution in [2.24, 2.45) is 0 Å². The summed E-state index contributed by atoms with van der Waals surface area (Å²) in [6.45, 7) is 0. The number of para-hydroxylation sites is 6. The first kappa shape index (κ1) is 27.2. The SMILES string of the molecule is FC(F)(F)c1ccc(-c2cc(-c3cccs3)c3cccc(N4c5ccccc5N(c5ccccc5)c5ccccc54)c3n2)cc1. The number of benzene rings is 5. The van der Waals surface area contributed by atoms with E-state index in [1.807, 2.05) is 66.0 Å². The van der Waals surface area contributed by atoms with Crippen LogP contribution in [0.15, 0.2) is 145 Å². The molecule has 7 heteroatoms. The average Bonchev–Trinajstić information content (AvgIpc) is 3.62. The predicted octanol–water partition coefficient (Wildman–Crippen LogP) is 11.9. The minimum absolute atomic E-state index is 0.608. The highest BCUT2D eigenvalue weighted by atomic mass is 32.1. The van der Waals surface area contributed by atoms with Crippen LogP contribution in [0.25, 0.3) is 32.6 Å². The van der Waals surface area contributed by atoms with Crippen molar-refractivity contribution >= 4 is 56.4 Å². The number of rotatable bonds is 4. The van der Waals surface area contributed by atoms with Crippen LogP contribution in [0.4, 0.5) is 47.3 Å². The lowest BCUT2D eigenvalue weighted by molar-refractivity contribution is -0.137. The van der Waals surface area contributed by atoms with Crippen LogP contribution in [-0.2, 0) is 6.18 Å². The van der Waals surface area contributed by atoms with Crippen LogP contribution in [0.5, 0.6) is 0 Å². The molecule has 0 atom stereocenters. The van der Waals surface area contributed by atoms with E-state index >= 15 is 0 Å². The van der Waals surface area contributed by atoms with Crippen LogP contribution in [-0.4, -0.2) is 4.98 Å². The summed E-state index contributed by atoms with van der Waals surface area (Å²) in [4.78, 5) is 10.7. The summed E-state index contributed by atoms with van der Waals surface area (Å²) in [6, 6.07) is 44.4. The van der Waals surface area contributed by atoms with Crippen molar-refractivity contribution in [3.8, 4) is 21.7 Å². The number of fused-ring (bicyclic) bond motifs is 3. The predicted molar refractivity (Wildman–Crippen MR) is 178 cm³/mol. The van der Waals surface area contributed by atoms with Gasteiger partial charge in [-0.1, -0.05) is 72.8 Å². The molecule has 45 heavy (non-hydrogen) atoms. The molecule has 2 aromatic heterocycles. The van der Waals surface area contributed by atoms with Gasteiger partial charge in [0.25, 0.3) is 0 Å². The van der Waals surface area contributed by atoms with Crippen molar-refractivity contribution in [1.82, 2.24) is 4.98 Å². The number of halogens is 3. The number of aromatic nitrogens is 1. The highest BCUT2D eigenvalue weighted by molar-refractivity contribution is 7.13. The van der Waals surface area contributed by atoms with Gasteiger partial charge in [0.15, 0.2) is 0 Å². The molecule has 7 aromatic rings. The molecular weight excluding hydrogens is 588 g/mol. The van der Waals surface area contributed by atoms with Crippen molar-refractivity contribution in [2.75, 3.05) is 9.80 Å². The van der Waals surface area contributed by atoms with Crippen LogP contribution < -0.4 is 9.80 Å². The second kappa shape index (κ2) is 10.6. The molecule has 0 N–H and O–H groups in total. The van der Waals surface area contributed by atoms with Crippen molar-refractivity contribution in [3.63, 3.8) is 0 Å². The fraction of sp³-hybridized carbons (Fsp3) is 0.0263. The topological polar surface area (TPSA) is 19.4 Å². The van der Waals surface area contributed by atoms with Gasteiger partial charge in [-0.15, -0.1) is 11.3 Å². The Kier molecular flexibility index (Phi) is 6.43. The van der Waals surface area contributed by atoms with Gasteiger partial charge < -0.3 is 9.80 Å². The summed E-state index contributed by atoms with van der Waals surface area (Å²) in [5, 5.41) is 2.99. The van der Waals surface area contributed by atoms with E-state index < -0.39 is 11.7 Å². The molecule has 5 aromatic carbocycles. The maximum absolute atomic E-state index is 13.4. The molecule has 1 aliphatic heterocycles. The van der Waals surface area contributed by atoms with Gasteiger partial charge in [0.2, 0.25) is 0 Å². The normalized spacial score (nSPS) is 12.7. The third kappa shape index (κ3) is 4.64. The lowest BCUT2D eigenvalue weighted by atomic mass is 9.99. The fourth-order valence-electron chi connectivity index (χ4n) is 6.09. The quantitative estimate of drug-likeness (QED) is 0.197. The minimum Gasteiger partial charge on any atom is -0.306 e. The van der Waals surface area contributed by atoms with Crippen molar-refractivity contribution in [2.45, 2.75) is 6.18 Å². The Balaban J connectivity index is 1.39. The average molecular weight is 612 g/mol. The molecule has 0 bridgehead atoms. The van der Waals surface area contributed by atoms with Gasteiger partial charge in [-0.3, -0.25) is 0 Å². The molecule has 8 rings (SSSR count). The Morgan fingerprint density at radius 3 is 1.76 bits per heavy atom. The molecule has 218 valence electrons. The maximum atomic E-state index is 13.4. The van der Waals surface area contributed by atoms with Crippen LogP contribution in [0, 0.1) is 0 Å². The Labute approximate surface area is 262 Å². The number of anilines is 6.